The van der Waals surface area contributed by atoms with Gasteiger partial charge in [0.25, 0.3) is 5.91 Å². The molecule has 0 radical (unpaired) electrons. The number of carbonyl (C=O) groups is 3. The molecule has 5 rings (SSSR count). The SMILES string of the molecule is CC1(CNC(=O)[C@H]2[C@@H]3CC[C@@H](C3)[C@H]2NC(=O)c2ccc(F)c(OC3CCC(C)(C(=O)O)CC3)c2)CCC1. The maximum Gasteiger partial charge on any atom is 0.309 e. The van der Waals surface area contributed by atoms with Crippen LogP contribution in [0.15, 0.2) is 18.2 Å². The van der Waals surface area contributed by atoms with Crippen molar-refractivity contribution in [3.8, 4) is 5.75 Å². The van der Waals surface area contributed by atoms with Crippen molar-refractivity contribution in [2.75, 3.05) is 6.54 Å². The van der Waals surface area contributed by atoms with Crippen LogP contribution in [-0.2, 0) is 9.59 Å². The van der Waals surface area contributed by atoms with Gasteiger partial charge in [0, 0.05) is 18.2 Å². The lowest BCUT2D eigenvalue weighted by molar-refractivity contribution is -0.150. The Morgan fingerprint density at radius 2 is 1.76 bits per heavy atom. The lowest BCUT2D eigenvalue weighted by Gasteiger charge is -2.39. The van der Waals surface area contributed by atoms with Gasteiger partial charge in [-0.25, -0.2) is 4.39 Å². The number of rotatable bonds is 8. The number of carbonyl (C=O) groups excluding carboxylic acids is 2. The predicted molar refractivity (Wildman–Crippen MR) is 136 cm³/mol. The number of hydrogen-bond donors (Lipinski definition) is 3. The van der Waals surface area contributed by atoms with E-state index in [2.05, 4.69) is 17.6 Å². The Morgan fingerprint density at radius 1 is 1.05 bits per heavy atom. The number of aliphatic carboxylic acids is 1. The maximum absolute atomic E-state index is 14.6. The molecule has 2 bridgehead atoms. The Labute approximate surface area is 217 Å². The average molecular weight is 515 g/mol. The molecule has 0 unspecified atom stereocenters. The van der Waals surface area contributed by atoms with Crippen molar-refractivity contribution in [2.45, 2.75) is 90.2 Å². The fourth-order valence-electron chi connectivity index (χ4n) is 6.96. The van der Waals surface area contributed by atoms with E-state index in [1.165, 1.54) is 24.6 Å². The van der Waals surface area contributed by atoms with Crippen LogP contribution in [0.4, 0.5) is 4.39 Å². The first kappa shape index (κ1) is 26.0. The van der Waals surface area contributed by atoms with Gasteiger partial charge in [0.1, 0.15) is 0 Å². The molecule has 4 atom stereocenters. The van der Waals surface area contributed by atoms with Crippen LogP contribution in [0.3, 0.4) is 0 Å². The summed E-state index contributed by atoms with van der Waals surface area (Å²) < 4.78 is 20.5. The van der Waals surface area contributed by atoms with E-state index >= 15 is 0 Å². The van der Waals surface area contributed by atoms with Gasteiger partial charge in [-0.2, -0.15) is 0 Å². The summed E-state index contributed by atoms with van der Waals surface area (Å²) in [4.78, 5) is 37.9. The molecule has 1 aromatic carbocycles. The molecule has 4 aliphatic carbocycles. The number of fused-ring (bicyclic) bond motifs is 2. The third-order valence-electron chi connectivity index (χ3n) is 9.81. The van der Waals surface area contributed by atoms with Crippen LogP contribution in [0.5, 0.6) is 5.75 Å². The van der Waals surface area contributed by atoms with E-state index in [-0.39, 0.29) is 47.0 Å². The first-order valence-corrected chi connectivity index (χ1v) is 13.9. The van der Waals surface area contributed by atoms with E-state index in [0.29, 0.717) is 43.7 Å². The molecule has 4 aliphatic rings. The minimum atomic E-state index is -0.819. The molecule has 37 heavy (non-hydrogen) atoms. The topological polar surface area (TPSA) is 105 Å². The number of hydrogen-bond acceptors (Lipinski definition) is 4. The van der Waals surface area contributed by atoms with Gasteiger partial charge >= 0.3 is 5.97 Å². The van der Waals surface area contributed by atoms with Gasteiger partial charge < -0.3 is 20.5 Å². The van der Waals surface area contributed by atoms with Crippen LogP contribution in [0, 0.1) is 34.4 Å². The van der Waals surface area contributed by atoms with Crippen molar-refractivity contribution >= 4 is 17.8 Å². The number of ether oxygens (including phenoxy) is 1. The summed E-state index contributed by atoms with van der Waals surface area (Å²) in [7, 11) is 0. The Morgan fingerprint density at radius 3 is 2.41 bits per heavy atom. The number of carboxylic acid groups (broad SMARTS) is 1. The Kier molecular flexibility index (Phi) is 6.96. The van der Waals surface area contributed by atoms with Gasteiger partial charge in [-0.1, -0.05) is 13.3 Å². The van der Waals surface area contributed by atoms with Crippen molar-refractivity contribution in [1.82, 2.24) is 10.6 Å². The van der Waals surface area contributed by atoms with Gasteiger partial charge in [0.05, 0.1) is 17.4 Å². The van der Waals surface area contributed by atoms with Crippen LogP contribution in [-0.4, -0.2) is 41.6 Å². The zero-order valence-corrected chi connectivity index (χ0v) is 21.9. The van der Waals surface area contributed by atoms with Gasteiger partial charge in [-0.15, -0.1) is 0 Å². The molecule has 0 heterocycles. The molecule has 0 saturated heterocycles. The van der Waals surface area contributed by atoms with Crippen molar-refractivity contribution in [3.05, 3.63) is 29.6 Å². The monoisotopic (exact) mass is 514 g/mol. The summed E-state index contributed by atoms with van der Waals surface area (Å²) in [6, 6.07) is 3.88. The predicted octanol–water partition coefficient (Wildman–Crippen LogP) is 4.69. The second-order valence-corrected chi connectivity index (χ2v) is 12.6. The van der Waals surface area contributed by atoms with Crippen molar-refractivity contribution in [2.24, 2.45) is 28.6 Å². The molecule has 4 fully saturated rings. The minimum Gasteiger partial charge on any atom is -0.487 e. The van der Waals surface area contributed by atoms with E-state index in [0.717, 1.165) is 32.1 Å². The number of benzene rings is 1. The molecule has 0 spiro atoms. The summed E-state index contributed by atoms with van der Waals surface area (Å²) in [6.07, 6.45) is 8.12. The first-order valence-electron chi connectivity index (χ1n) is 13.9. The number of amides is 2. The summed E-state index contributed by atoms with van der Waals surface area (Å²) in [5.41, 5.74) is -0.285. The molecule has 7 nitrogen and oxygen atoms in total. The van der Waals surface area contributed by atoms with Gasteiger partial charge in [0.15, 0.2) is 11.6 Å². The highest BCUT2D eigenvalue weighted by Gasteiger charge is 2.51. The standard InChI is InChI=1S/C29H39FN2O5/c1-28(10-3-11-28)16-31-26(34)23-17-4-5-18(14-17)24(23)32-25(33)19-6-7-21(30)22(15-19)37-20-8-12-29(2,13-9-20)27(35)36/h6-7,15,17-18,20,23-24H,3-5,8-14,16H2,1-2H3,(H,31,34)(H,32,33)(H,35,36)/t17-,18+,20?,23+,24-,29?/m1/s1. The average Bonchev–Trinajstić information content (AvgIpc) is 3.46. The van der Waals surface area contributed by atoms with Crippen LogP contribution in [0.25, 0.3) is 0 Å². The Bertz CT molecular complexity index is 1060. The lowest BCUT2D eigenvalue weighted by atomic mass is 9.70. The molecule has 0 aromatic heterocycles. The Hall–Kier alpha value is -2.64. The second-order valence-electron chi connectivity index (χ2n) is 12.6. The maximum atomic E-state index is 14.6. The van der Waals surface area contributed by atoms with E-state index < -0.39 is 17.2 Å². The zero-order valence-electron chi connectivity index (χ0n) is 21.9. The van der Waals surface area contributed by atoms with Crippen molar-refractivity contribution in [3.63, 3.8) is 0 Å². The highest BCUT2D eigenvalue weighted by molar-refractivity contribution is 5.95. The van der Waals surface area contributed by atoms with Gasteiger partial charge in [-0.3, -0.25) is 14.4 Å². The largest absolute Gasteiger partial charge is 0.487 e. The quantitative estimate of drug-likeness (QED) is 0.467. The van der Waals surface area contributed by atoms with Crippen LogP contribution >= 0.6 is 0 Å². The highest BCUT2D eigenvalue weighted by Crippen LogP contribution is 2.49. The lowest BCUT2D eigenvalue weighted by Crippen LogP contribution is -2.51. The fraction of sp³-hybridized carbons (Fsp3) is 0.690. The molecule has 2 amide bonds. The minimum absolute atomic E-state index is 0.00700. The molecular formula is C29H39FN2O5. The summed E-state index contributed by atoms with van der Waals surface area (Å²) in [5.74, 6) is -1.30. The third kappa shape index (κ3) is 5.21. The van der Waals surface area contributed by atoms with E-state index in [9.17, 15) is 23.9 Å². The molecular weight excluding hydrogens is 475 g/mol. The zero-order chi connectivity index (χ0) is 26.4. The Balaban J connectivity index is 1.22. The van der Waals surface area contributed by atoms with Gasteiger partial charge in [0.2, 0.25) is 5.91 Å². The van der Waals surface area contributed by atoms with Crippen LogP contribution < -0.4 is 15.4 Å². The fourth-order valence-corrected chi connectivity index (χ4v) is 6.96. The molecule has 202 valence electrons. The molecule has 4 saturated carbocycles. The number of carboxylic acids is 1. The normalized spacial score (nSPS) is 33.9. The first-order chi connectivity index (χ1) is 17.6. The third-order valence-corrected chi connectivity index (χ3v) is 9.81. The second kappa shape index (κ2) is 9.91. The smallest absolute Gasteiger partial charge is 0.309 e. The van der Waals surface area contributed by atoms with E-state index in [1.807, 2.05) is 0 Å². The van der Waals surface area contributed by atoms with Crippen molar-refractivity contribution in [1.29, 1.82) is 0 Å². The van der Waals surface area contributed by atoms with E-state index in [4.69, 9.17) is 4.74 Å². The highest BCUT2D eigenvalue weighted by atomic mass is 19.1. The molecule has 0 aliphatic heterocycles. The molecule has 8 heteroatoms. The van der Waals surface area contributed by atoms with Crippen LogP contribution in [0.2, 0.25) is 0 Å². The van der Waals surface area contributed by atoms with E-state index in [1.54, 1.807) is 6.92 Å². The summed E-state index contributed by atoms with van der Waals surface area (Å²) in [6.45, 7) is 4.63. The summed E-state index contributed by atoms with van der Waals surface area (Å²) >= 11 is 0. The summed E-state index contributed by atoms with van der Waals surface area (Å²) in [5, 5.41) is 15.7. The number of nitrogens with one attached hydrogen (secondary N) is 2. The molecule has 1 aromatic rings. The van der Waals surface area contributed by atoms with Crippen molar-refractivity contribution < 1.29 is 28.6 Å². The van der Waals surface area contributed by atoms with Crippen LogP contribution in [0.1, 0.15) is 88.4 Å². The van der Waals surface area contributed by atoms with Gasteiger partial charge in [-0.05, 0) is 100 Å². The number of halogens is 1. The molecule has 3 N–H and O–H groups in total.